The molecule has 1 unspecified atom stereocenters. The third-order valence-electron chi connectivity index (χ3n) is 1.45. The SMILES string of the molecule is Cc1ccccc1P(=N)(O)S. The number of thiol groups is 1. The molecule has 4 heteroatoms. The van der Waals surface area contributed by atoms with Gasteiger partial charge in [-0.3, -0.25) is 5.16 Å². The molecule has 0 aliphatic heterocycles. The van der Waals surface area contributed by atoms with Crippen LogP contribution in [0.3, 0.4) is 0 Å². The van der Waals surface area contributed by atoms with Crippen LogP contribution in [0.15, 0.2) is 24.3 Å². The second-order valence-corrected chi connectivity index (χ2v) is 5.81. The van der Waals surface area contributed by atoms with Crippen molar-refractivity contribution >= 4 is 24.0 Å². The van der Waals surface area contributed by atoms with Crippen LogP contribution in [0.4, 0.5) is 0 Å². The summed E-state index contributed by atoms with van der Waals surface area (Å²) in [6.07, 6.45) is 0. The van der Waals surface area contributed by atoms with E-state index in [1.165, 1.54) is 0 Å². The summed E-state index contributed by atoms with van der Waals surface area (Å²) in [6, 6.07) is 7.29. The number of benzene rings is 1. The number of nitrogens with one attached hydrogen (secondary N) is 1. The summed E-state index contributed by atoms with van der Waals surface area (Å²) in [5.41, 5.74) is 0.924. The number of aryl methyl sites for hydroxylation is 1. The molecule has 1 rings (SSSR count). The maximum Gasteiger partial charge on any atom is 0.161 e. The monoisotopic (exact) mass is 187 g/mol. The first-order valence-electron chi connectivity index (χ1n) is 3.17. The predicted molar refractivity (Wildman–Crippen MR) is 51.7 cm³/mol. The Kier molecular flexibility index (Phi) is 2.43. The van der Waals surface area contributed by atoms with Crippen LogP contribution >= 0.6 is 18.7 Å². The van der Waals surface area contributed by atoms with Crippen molar-refractivity contribution in [2.24, 2.45) is 0 Å². The Bertz CT molecular complexity index is 307. The van der Waals surface area contributed by atoms with E-state index in [1.54, 1.807) is 12.1 Å². The van der Waals surface area contributed by atoms with Crippen molar-refractivity contribution in [2.75, 3.05) is 0 Å². The Hall–Kier alpha value is -0.240. The maximum atomic E-state index is 9.31. The van der Waals surface area contributed by atoms with E-state index in [0.29, 0.717) is 5.30 Å². The van der Waals surface area contributed by atoms with Gasteiger partial charge in [0.25, 0.3) is 0 Å². The predicted octanol–water partition coefficient (Wildman–Crippen LogP) is 2.15. The molecule has 0 aliphatic rings. The molecule has 2 nitrogen and oxygen atoms in total. The third kappa shape index (κ3) is 2.09. The summed E-state index contributed by atoms with van der Waals surface area (Å²) < 4.78 is 0. The van der Waals surface area contributed by atoms with Crippen molar-refractivity contribution < 1.29 is 4.89 Å². The lowest BCUT2D eigenvalue weighted by Crippen LogP contribution is -2.03. The first kappa shape index (κ1) is 8.85. The molecule has 0 bridgehead atoms. The molecule has 60 valence electrons. The Morgan fingerprint density at radius 2 is 2.00 bits per heavy atom. The fourth-order valence-electron chi connectivity index (χ4n) is 0.913. The van der Waals surface area contributed by atoms with Crippen molar-refractivity contribution in [2.45, 2.75) is 6.92 Å². The van der Waals surface area contributed by atoms with Crippen LogP contribution in [0.2, 0.25) is 0 Å². The molecule has 0 amide bonds. The van der Waals surface area contributed by atoms with Crippen LogP contribution in [0.5, 0.6) is 0 Å². The Morgan fingerprint density at radius 1 is 1.45 bits per heavy atom. The van der Waals surface area contributed by atoms with Gasteiger partial charge in [-0.2, -0.15) is 0 Å². The maximum absolute atomic E-state index is 9.31. The molecular weight excluding hydrogens is 177 g/mol. The molecule has 1 aromatic rings. The Labute approximate surface area is 71.4 Å². The smallest absolute Gasteiger partial charge is 0.161 e. The summed E-state index contributed by atoms with van der Waals surface area (Å²) in [4.78, 5) is 9.31. The molecule has 0 aliphatic carbocycles. The van der Waals surface area contributed by atoms with Gasteiger partial charge in [-0.1, -0.05) is 18.2 Å². The van der Waals surface area contributed by atoms with E-state index in [9.17, 15) is 4.89 Å². The van der Waals surface area contributed by atoms with Gasteiger partial charge < -0.3 is 4.89 Å². The van der Waals surface area contributed by atoms with E-state index < -0.39 is 6.48 Å². The van der Waals surface area contributed by atoms with E-state index in [2.05, 4.69) is 12.2 Å². The fourth-order valence-corrected chi connectivity index (χ4v) is 2.45. The standard InChI is InChI=1S/C7H10NOPS/c1-6-4-2-3-5-7(6)10(8,9)11/h2-5H,1H3,(H3,8,9,11). The largest absolute Gasteiger partial charge is 0.349 e. The van der Waals surface area contributed by atoms with Crippen LogP contribution in [0.25, 0.3) is 0 Å². The minimum absolute atomic E-state index is 0.642. The zero-order chi connectivity index (χ0) is 8.48. The van der Waals surface area contributed by atoms with Gasteiger partial charge in [0.2, 0.25) is 0 Å². The fraction of sp³-hybridized carbons (Fsp3) is 0.143. The molecule has 11 heavy (non-hydrogen) atoms. The summed E-state index contributed by atoms with van der Waals surface area (Å²) in [7, 11) is 0. The lowest BCUT2D eigenvalue weighted by Gasteiger charge is -2.10. The first-order chi connectivity index (χ1) is 5.02. The van der Waals surface area contributed by atoms with E-state index in [0.717, 1.165) is 5.56 Å². The van der Waals surface area contributed by atoms with E-state index in [1.807, 2.05) is 19.1 Å². The zero-order valence-electron chi connectivity index (χ0n) is 6.15. The number of hydrogen-bond donors (Lipinski definition) is 3. The van der Waals surface area contributed by atoms with Crippen LogP contribution in [0.1, 0.15) is 5.56 Å². The minimum atomic E-state index is -2.86. The molecule has 2 N–H and O–H groups in total. The third-order valence-corrected chi connectivity index (χ3v) is 3.27. The molecule has 1 atom stereocenters. The minimum Gasteiger partial charge on any atom is -0.349 e. The summed E-state index contributed by atoms with van der Waals surface area (Å²) in [5.74, 6) is 0. The van der Waals surface area contributed by atoms with Gasteiger partial charge in [-0.25, -0.2) is 0 Å². The second-order valence-electron chi connectivity index (χ2n) is 2.39. The molecule has 0 saturated heterocycles. The van der Waals surface area contributed by atoms with Crippen molar-refractivity contribution in [3.63, 3.8) is 0 Å². The first-order valence-corrected chi connectivity index (χ1v) is 6.07. The highest BCUT2D eigenvalue weighted by Gasteiger charge is 2.11. The highest BCUT2D eigenvalue weighted by molar-refractivity contribution is 8.49. The molecule has 0 aromatic heterocycles. The van der Waals surface area contributed by atoms with Gasteiger partial charge in [-0.05, 0) is 18.6 Å². The summed E-state index contributed by atoms with van der Waals surface area (Å²) >= 11 is 3.85. The normalized spacial score (nSPS) is 15.9. The summed E-state index contributed by atoms with van der Waals surface area (Å²) in [5, 5.41) is 7.99. The molecule has 1 aromatic carbocycles. The molecular formula is C7H10NOPS. The van der Waals surface area contributed by atoms with Gasteiger partial charge in [0.05, 0.1) is 0 Å². The summed E-state index contributed by atoms with van der Waals surface area (Å²) in [6.45, 7) is -0.995. The van der Waals surface area contributed by atoms with Crippen molar-refractivity contribution in [1.29, 1.82) is 5.16 Å². The van der Waals surface area contributed by atoms with E-state index >= 15 is 0 Å². The zero-order valence-corrected chi connectivity index (χ0v) is 7.94. The average molecular weight is 187 g/mol. The van der Waals surface area contributed by atoms with Gasteiger partial charge in [0.15, 0.2) is 6.48 Å². The molecule has 0 radical (unpaired) electrons. The second kappa shape index (κ2) is 3.02. The van der Waals surface area contributed by atoms with Crippen LogP contribution in [-0.2, 0) is 0 Å². The van der Waals surface area contributed by atoms with E-state index in [-0.39, 0.29) is 0 Å². The Balaban J connectivity index is 3.25. The molecule has 0 spiro atoms. The molecule has 0 heterocycles. The van der Waals surface area contributed by atoms with Gasteiger partial charge in [-0.15, -0.1) is 12.2 Å². The van der Waals surface area contributed by atoms with Crippen LogP contribution < -0.4 is 5.30 Å². The van der Waals surface area contributed by atoms with E-state index in [4.69, 9.17) is 5.16 Å². The highest BCUT2D eigenvalue weighted by Crippen LogP contribution is 2.45. The highest BCUT2D eigenvalue weighted by atomic mass is 32.7. The van der Waals surface area contributed by atoms with Crippen molar-refractivity contribution in [3.05, 3.63) is 29.8 Å². The topological polar surface area (TPSA) is 44.1 Å². The lowest BCUT2D eigenvalue weighted by molar-refractivity contribution is 0.637. The van der Waals surface area contributed by atoms with Crippen molar-refractivity contribution in [1.82, 2.24) is 0 Å². The van der Waals surface area contributed by atoms with Crippen molar-refractivity contribution in [3.8, 4) is 0 Å². The lowest BCUT2D eigenvalue weighted by atomic mass is 10.2. The Morgan fingerprint density at radius 3 is 2.36 bits per heavy atom. The molecule has 0 saturated carbocycles. The quantitative estimate of drug-likeness (QED) is 0.457. The van der Waals surface area contributed by atoms with Gasteiger partial charge in [0.1, 0.15) is 0 Å². The van der Waals surface area contributed by atoms with Crippen LogP contribution in [0, 0.1) is 12.1 Å². The van der Waals surface area contributed by atoms with Gasteiger partial charge in [0, 0.05) is 5.30 Å². The number of hydrogen-bond acceptors (Lipinski definition) is 1. The van der Waals surface area contributed by atoms with Gasteiger partial charge >= 0.3 is 0 Å². The average Bonchev–Trinajstić information content (AvgIpc) is 1.86. The number of rotatable bonds is 1. The van der Waals surface area contributed by atoms with Crippen LogP contribution in [-0.4, -0.2) is 4.89 Å². The molecule has 0 fully saturated rings.